The standard InChI is InChI=1S/C23H21N3O5S/c1-2-17(20(28)25-21-16(11-24)13-7-5-6-10-18(13)32-21)31-19(27)12-26-22(29)14-8-3-4-9-15(14)23(26)30/h3-4,8-9,17H,2,5-7,10,12H2,1H3,(H,25,28). The van der Waals surface area contributed by atoms with E-state index in [1.54, 1.807) is 19.1 Å². The molecule has 4 rings (SSSR count). The van der Waals surface area contributed by atoms with E-state index < -0.39 is 36.3 Å². The maximum Gasteiger partial charge on any atom is 0.327 e. The minimum atomic E-state index is -1.11. The summed E-state index contributed by atoms with van der Waals surface area (Å²) in [6.07, 6.45) is 2.86. The molecule has 8 nitrogen and oxygen atoms in total. The van der Waals surface area contributed by atoms with Gasteiger partial charge in [-0.3, -0.25) is 24.1 Å². The van der Waals surface area contributed by atoms with Gasteiger partial charge in [-0.2, -0.15) is 5.26 Å². The maximum atomic E-state index is 12.8. The summed E-state index contributed by atoms with van der Waals surface area (Å²) in [5.74, 6) is -2.53. The van der Waals surface area contributed by atoms with Gasteiger partial charge in [-0.25, -0.2) is 0 Å². The summed E-state index contributed by atoms with van der Waals surface area (Å²) >= 11 is 1.39. The Labute approximate surface area is 188 Å². The number of carbonyl (C=O) groups is 4. The number of rotatable bonds is 6. The van der Waals surface area contributed by atoms with Crippen LogP contribution in [0.5, 0.6) is 0 Å². The Morgan fingerprint density at radius 2 is 1.84 bits per heavy atom. The van der Waals surface area contributed by atoms with Gasteiger partial charge in [0.1, 0.15) is 17.6 Å². The van der Waals surface area contributed by atoms with Gasteiger partial charge < -0.3 is 10.1 Å². The van der Waals surface area contributed by atoms with E-state index in [1.165, 1.54) is 23.5 Å². The average Bonchev–Trinajstić information content (AvgIpc) is 3.27. The second-order valence-electron chi connectivity index (χ2n) is 7.64. The number of hydrogen-bond acceptors (Lipinski definition) is 7. The van der Waals surface area contributed by atoms with Gasteiger partial charge >= 0.3 is 5.97 Å². The number of nitrogens with one attached hydrogen (secondary N) is 1. The van der Waals surface area contributed by atoms with E-state index in [4.69, 9.17) is 4.74 Å². The molecule has 1 aliphatic heterocycles. The number of fused-ring (bicyclic) bond motifs is 2. The van der Waals surface area contributed by atoms with Crippen molar-refractivity contribution < 1.29 is 23.9 Å². The Bertz CT molecular complexity index is 1130. The van der Waals surface area contributed by atoms with E-state index >= 15 is 0 Å². The van der Waals surface area contributed by atoms with Gasteiger partial charge in [0, 0.05) is 4.88 Å². The molecule has 1 unspecified atom stereocenters. The number of imide groups is 1. The van der Waals surface area contributed by atoms with E-state index in [2.05, 4.69) is 11.4 Å². The number of carbonyl (C=O) groups excluding carboxylic acids is 4. The van der Waals surface area contributed by atoms with Crippen molar-refractivity contribution >= 4 is 40.0 Å². The van der Waals surface area contributed by atoms with Crippen molar-refractivity contribution in [3.05, 3.63) is 51.4 Å². The molecule has 0 fully saturated rings. The number of thiophene rings is 1. The zero-order valence-electron chi connectivity index (χ0n) is 17.5. The highest BCUT2D eigenvalue weighted by molar-refractivity contribution is 7.16. The van der Waals surface area contributed by atoms with Crippen LogP contribution in [0.3, 0.4) is 0 Å². The van der Waals surface area contributed by atoms with Gasteiger partial charge in [-0.1, -0.05) is 19.1 Å². The third-order valence-corrected chi connectivity index (χ3v) is 6.83. The molecule has 1 atom stereocenters. The van der Waals surface area contributed by atoms with Crippen LogP contribution in [-0.2, 0) is 27.2 Å². The van der Waals surface area contributed by atoms with Crippen LogP contribution in [0, 0.1) is 11.3 Å². The first-order chi connectivity index (χ1) is 15.4. The van der Waals surface area contributed by atoms with Gasteiger partial charge in [0.15, 0.2) is 6.10 Å². The Hall–Kier alpha value is -3.51. The molecule has 1 N–H and O–H groups in total. The fourth-order valence-corrected chi connectivity index (χ4v) is 5.24. The Kier molecular flexibility index (Phi) is 6.06. The number of anilines is 1. The predicted molar refractivity (Wildman–Crippen MR) is 116 cm³/mol. The van der Waals surface area contributed by atoms with Gasteiger partial charge in [0.2, 0.25) is 0 Å². The first-order valence-electron chi connectivity index (χ1n) is 10.4. The number of hydrogen-bond donors (Lipinski definition) is 1. The number of ether oxygens (including phenoxy) is 1. The molecule has 0 radical (unpaired) electrons. The van der Waals surface area contributed by atoms with E-state index in [1.807, 2.05) is 0 Å². The number of nitrogens with zero attached hydrogens (tertiary/aromatic N) is 2. The molecule has 2 aliphatic rings. The van der Waals surface area contributed by atoms with Crippen molar-refractivity contribution in [3.8, 4) is 6.07 Å². The molecule has 1 aromatic carbocycles. The van der Waals surface area contributed by atoms with Crippen molar-refractivity contribution in [3.63, 3.8) is 0 Å². The van der Waals surface area contributed by atoms with E-state index in [9.17, 15) is 24.4 Å². The number of benzene rings is 1. The number of amides is 3. The zero-order valence-corrected chi connectivity index (χ0v) is 18.3. The Morgan fingerprint density at radius 1 is 1.19 bits per heavy atom. The largest absolute Gasteiger partial charge is 0.451 e. The van der Waals surface area contributed by atoms with E-state index in [0.29, 0.717) is 10.6 Å². The SMILES string of the molecule is CCC(OC(=O)CN1C(=O)c2ccccc2C1=O)C(=O)Nc1sc2c(c1C#N)CCCC2. The monoisotopic (exact) mass is 451 g/mol. The molecule has 0 bridgehead atoms. The van der Waals surface area contributed by atoms with Crippen molar-refractivity contribution in [1.29, 1.82) is 5.26 Å². The maximum absolute atomic E-state index is 12.8. The van der Waals surface area contributed by atoms with Crippen LogP contribution in [0.2, 0.25) is 0 Å². The smallest absolute Gasteiger partial charge is 0.327 e. The third-order valence-electron chi connectivity index (χ3n) is 5.62. The van der Waals surface area contributed by atoms with Crippen LogP contribution >= 0.6 is 11.3 Å². The summed E-state index contributed by atoms with van der Waals surface area (Å²) in [5.41, 5.74) is 1.95. The number of nitriles is 1. The van der Waals surface area contributed by atoms with Crippen LogP contribution < -0.4 is 5.32 Å². The molecule has 32 heavy (non-hydrogen) atoms. The Balaban J connectivity index is 1.42. The normalized spacial score (nSPS) is 15.6. The summed E-state index contributed by atoms with van der Waals surface area (Å²) in [4.78, 5) is 52.0. The lowest BCUT2D eigenvalue weighted by molar-refractivity contribution is -0.154. The topological polar surface area (TPSA) is 117 Å². The lowest BCUT2D eigenvalue weighted by atomic mass is 9.96. The van der Waals surface area contributed by atoms with Gasteiger partial charge in [-0.05, 0) is 49.8 Å². The number of aryl methyl sites for hydroxylation is 1. The molecule has 0 saturated heterocycles. The van der Waals surface area contributed by atoms with E-state index in [0.717, 1.165) is 41.0 Å². The zero-order chi connectivity index (χ0) is 22.8. The first kappa shape index (κ1) is 21.7. The summed E-state index contributed by atoms with van der Waals surface area (Å²) in [7, 11) is 0. The summed E-state index contributed by atoms with van der Waals surface area (Å²) < 4.78 is 5.29. The molecule has 3 amide bonds. The minimum Gasteiger partial charge on any atom is -0.451 e. The second kappa shape index (κ2) is 8.93. The molecule has 2 heterocycles. The van der Waals surface area contributed by atoms with Crippen LogP contribution in [0.15, 0.2) is 24.3 Å². The van der Waals surface area contributed by atoms with Crippen molar-refractivity contribution in [2.45, 2.75) is 45.1 Å². The van der Waals surface area contributed by atoms with E-state index in [-0.39, 0.29) is 17.5 Å². The Morgan fingerprint density at radius 3 is 2.47 bits per heavy atom. The highest BCUT2D eigenvalue weighted by atomic mass is 32.1. The third kappa shape index (κ3) is 3.89. The highest BCUT2D eigenvalue weighted by Gasteiger charge is 2.37. The fraction of sp³-hybridized carbons (Fsp3) is 0.348. The summed E-state index contributed by atoms with van der Waals surface area (Å²) in [6, 6.07) is 8.51. The lowest BCUT2D eigenvalue weighted by Gasteiger charge is -2.18. The second-order valence-corrected chi connectivity index (χ2v) is 8.75. The quantitative estimate of drug-likeness (QED) is 0.533. The van der Waals surface area contributed by atoms with Crippen LogP contribution in [-0.4, -0.2) is 41.2 Å². The fourth-order valence-electron chi connectivity index (χ4n) is 3.99. The molecule has 0 saturated carbocycles. The van der Waals surface area contributed by atoms with Crippen LogP contribution in [0.4, 0.5) is 5.00 Å². The van der Waals surface area contributed by atoms with Crippen molar-refractivity contribution in [2.24, 2.45) is 0 Å². The highest BCUT2D eigenvalue weighted by Crippen LogP contribution is 2.37. The van der Waals surface area contributed by atoms with Crippen molar-refractivity contribution in [2.75, 3.05) is 11.9 Å². The molecule has 1 aliphatic carbocycles. The van der Waals surface area contributed by atoms with Gasteiger partial charge in [0.05, 0.1) is 16.7 Å². The lowest BCUT2D eigenvalue weighted by Crippen LogP contribution is -2.39. The molecule has 0 spiro atoms. The predicted octanol–water partition coefficient (Wildman–Crippen LogP) is 3.06. The van der Waals surface area contributed by atoms with Crippen molar-refractivity contribution in [1.82, 2.24) is 4.90 Å². The average molecular weight is 452 g/mol. The molecule has 164 valence electrons. The summed E-state index contributed by atoms with van der Waals surface area (Å²) in [6.45, 7) is 1.11. The first-order valence-corrected chi connectivity index (χ1v) is 11.3. The number of esters is 1. The minimum absolute atomic E-state index is 0.201. The summed E-state index contributed by atoms with van der Waals surface area (Å²) in [5, 5.41) is 12.8. The molecule has 1 aromatic heterocycles. The van der Waals surface area contributed by atoms with Gasteiger partial charge in [-0.15, -0.1) is 11.3 Å². The molecular formula is C23H21N3O5S. The van der Waals surface area contributed by atoms with Crippen LogP contribution in [0.25, 0.3) is 0 Å². The van der Waals surface area contributed by atoms with Gasteiger partial charge in [0.25, 0.3) is 17.7 Å². The molecular weight excluding hydrogens is 430 g/mol. The molecule has 2 aromatic rings. The van der Waals surface area contributed by atoms with Crippen LogP contribution in [0.1, 0.15) is 62.9 Å². The molecule has 9 heteroatoms.